The fraction of sp³-hybridized carbons (Fsp3) is 0.143. The Morgan fingerprint density at radius 1 is 1.11 bits per heavy atom. The van der Waals surface area contributed by atoms with Gasteiger partial charge in [0.15, 0.2) is 4.80 Å². The molecule has 0 bridgehead atoms. The predicted octanol–water partition coefficient (Wildman–Crippen LogP) is 5.44. The normalized spacial score (nSPS) is 16.4. The average Bonchev–Trinajstić information content (AvgIpc) is 3.21. The lowest BCUT2D eigenvalue weighted by atomic mass is 9.83. The van der Waals surface area contributed by atoms with Gasteiger partial charge in [0.25, 0.3) is 11.2 Å². The van der Waals surface area contributed by atoms with Crippen LogP contribution in [0.2, 0.25) is 0 Å². The van der Waals surface area contributed by atoms with Gasteiger partial charge in [-0.25, -0.2) is 4.99 Å². The first-order valence-electron chi connectivity index (χ1n) is 11.8. The summed E-state index contributed by atoms with van der Waals surface area (Å²) in [6, 6.07) is 18.3. The van der Waals surface area contributed by atoms with Crippen LogP contribution in [-0.2, 0) is 6.42 Å². The Hall–Kier alpha value is -2.84. The van der Waals surface area contributed by atoms with Crippen molar-refractivity contribution in [3.8, 4) is 5.75 Å². The molecule has 4 aromatic rings. The number of nitro groups is 1. The molecule has 2 heterocycles. The highest BCUT2D eigenvalue weighted by molar-refractivity contribution is 14.1. The Balaban J connectivity index is 1.61. The topological polar surface area (TPSA) is 86.7 Å². The monoisotopic (exact) mass is 747 g/mol. The molecule has 7 nitrogen and oxygen atoms in total. The van der Waals surface area contributed by atoms with E-state index in [2.05, 4.69) is 57.3 Å². The van der Waals surface area contributed by atoms with Crippen LogP contribution in [0.25, 0.3) is 11.8 Å². The van der Waals surface area contributed by atoms with Gasteiger partial charge in [0.05, 0.1) is 35.4 Å². The molecule has 0 saturated carbocycles. The van der Waals surface area contributed by atoms with E-state index in [1.54, 1.807) is 23.8 Å². The molecule has 0 N–H and O–H groups in total. The molecule has 1 aliphatic carbocycles. The van der Waals surface area contributed by atoms with Crippen molar-refractivity contribution in [3.05, 3.63) is 125 Å². The highest BCUT2D eigenvalue weighted by Gasteiger charge is 2.33. The summed E-state index contributed by atoms with van der Waals surface area (Å²) in [6.45, 7) is 0. The number of benzene rings is 3. The van der Waals surface area contributed by atoms with Crippen LogP contribution in [-0.4, -0.2) is 16.6 Å². The summed E-state index contributed by atoms with van der Waals surface area (Å²) in [5.41, 5.74) is 5.60. The number of allylic oxidation sites excluding steroid dienone is 1. The quantitative estimate of drug-likeness (QED) is 0.158. The Morgan fingerprint density at radius 2 is 1.87 bits per heavy atom. The maximum atomic E-state index is 13.9. The van der Waals surface area contributed by atoms with Crippen molar-refractivity contribution in [2.45, 2.75) is 18.9 Å². The number of hydrogen-bond donors (Lipinski definition) is 0. The van der Waals surface area contributed by atoms with Crippen LogP contribution in [0.3, 0.4) is 0 Å². The number of non-ortho nitro benzene ring substituents is 1. The number of hydrogen-bond acceptors (Lipinski definition) is 6. The SMILES string of the molecule is COc1c(I)cc(/C=c2/sc3n(c2=O)[C@H](c2cccc([N+](=O)[O-])c2)C2=C(N=3)c3ccccc3CC2)cc1I. The molecular weight excluding hydrogens is 728 g/mol. The number of aryl methyl sites for hydroxylation is 1. The molecule has 190 valence electrons. The molecule has 1 atom stereocenters. The van der Waals surface area contributed by atoms with Gasteiger partial charge < -0.3 is 4.74 Å². The molecule has 0 amide bonds. The lowest BCUT2D eigenvalue weighted by Gasteiger charge is -2.30. The number of ether oxygens (including phenoxy) is 1. The Morgan fingerprint density at radius 3 is 2.61 bits per heavy atom. The van der Waals surface area contributed by atoms with Crippen LogP contribution < -0.4 is 19.6 Å². The van der Waals surface area contributed by atoms with E-state index in [1.807, 2.05) is 36.4 Å². The molecule has 0 radical (unpaired) electrons. The van der Waals surface area contributed by atoms with E-state index < -0.39 is 11.0 Å². The number of halogens is 2. The Kier molecular flexibility index (Phi) is 6.72. The lowest BCUT2D eigenvalue weighted by Crippen LogP contribution is -2.38. The van der Waals surface area contributed by atoms with Crippen molar-refractivity contribution in [3.63, 3.8) is 0 Å². The van der Waals surface area contributed by atoms with Gasteiger partial charge in [0, 0.05) is 17.7 Å². The third-order valence-electron chi connectivity index (χ3n) is 6.79. The summed E-state index contributed by atoms with van der Waals surface area (Å²) in [5, 5.41) is 11.6. The average molecular weight is 747 g/mol. The van der Waals surface area contributed by atoms with Crippen molar-refractivity contribution in [1.82, 2.24) is 4.57 Å². The summed E-state index contributed by atoms with van der Waals surface area (Å²) < 4.78 is 9.66. The van der Waals surface area contributed by atoms with Crippen molar-refractivity contribution in [1.29, 1.82) is 0 Å². The first-order chi connectivity index (χ1) is 18.4. The molecule has 2 aliphatic rings. The van der Waals surface area contributed by atoms with Crippen molar-refractivity contribution < 1.29 is 9.66 Å². The molecule has 0 unspecified atom stereocenters. The molecular formula is C28H19I2N3O4S. The van der Waals surface area contributed by atoms with Crippen LogP contribution >= 0.6 is 56.5 Å². The lowest BCUT2D eigenvalue weighted by molar-refractivity contribution is -0.384. The van der Waals surface area contributed by atoms with Gasteiger partial charge in [-0.15, -0.1) is 0 Å². The van der Waals surface area contributed by atoms with Crippen LogP contribution in [0.15, 0.2) is 76.0 Å². The van der Waals surface area contributed by atoms with Gasteiger partial charge in [-0.1, -0.05) is 47.7 Å². The maximum Gasteiger partial charge on any atom is 0.271 e. The number of rotatable bonds is 4. The summed E-state index contributed by atoms with van der Waals surface area (Å²) in [7, 11) is 1.64. The van der Waals surface area contributed by atoms with Crippen LogP contribution in [0.1, 0.15) is 34.7 Å². The molecule has 38 heavy (non-hydrogen) atoms. The highest BCUT2D eigenvalue weighted by atomic mass is 127. The van der Waals surface area contributed by atoms with E-state index in [-0.39, 0.29) is 11.2 Å². The minimum Gasteiger partial charge on any atom is -0.495 e. The number of thiazole rings is 1. The third-order valence-corrected chi connectivity index (χ3v) is 9.38. The molecule has 0 saturated heterocycles. The van der Waals surface area contributed by atoms with Crippen molar-refractivity contribution in [2.75, 3.05) is 7.11 Å². The standard InChI is InChI=1S/C28H19I2N3O4S/c1-37-26-21(29)11-15(12-22(26)30)13-23-27(34)32-25(17-6-4-7-18(14-17)33(35)36)20-10-9-16-5-2-3-8-19(16)24(20)31-28(32)38-23/h2-8,11-14,25H,9-10H2,1H3/b23-13+/t25-/m1/s1. The van der Waals surface area contributed by atoms with Gasteiger partial charge in [0.2, 0.25) is 0 Å². The predicted molar refractivity (Wildman–Crippen MR) is 164 cm³/mol. The number of nitrogens with zero attached hydrogens (tertiary/aromatic N) is 3. The number of aromatic nitrogens is 1. The fourth-order valence-corrected chi connectivity index (χ4v) is 8.40. The molecule has 1 aliphatic heterocycles. The largest absolute Gasteiger partial charge is 0.495 e. The number of fused-ring (bicyclic) bond motifs is 3. The minimum atomic E-state index is -0.465. The summed E-state index contributed by atoms with van der Waals surface area (Å²) in [4.78, 5) is 30.7. The Labute approximate surface area is 248 Å². The van der Waals surface area contributed by atoms with E-state index in [9.17, 15) is 14.9 Å². The highest BCUT2D eigenvalue weighted by Crippen LogP contribution is 2.41. The first kappa shape index (κ1) is 25.4. The summed E-state index contributed by atoms with van der Waals surface area (Å²) in [6.07, 6.45) is 3.43. The zero-order valence-electron chi connectivity index (χ0n) is 20.0. The van der Waals surface area contributed by atoms with E-state index in [0.29, 0.717) is 14.9 Å². The third kappa shape index (κ3) is 4.31. The van der Waals surface area contributed by atoms with Crippen molar-refractivity contribution >= 4 is 74.0 Å². The summed E-state index contributed by atoms with van der Waals surface area (Å²) >= 11 is 5.80. The molecule has 6 rings (SSSR count). The van der Waals surface area contributed by atoms with Gasteiger partial charge in [-0.2, -0.15) is 0 Å². The molecule has 0 fully saturated rings. The van der Waals surface area contributed by atoms with E-state index in [1.165, 1.54) is 23.0 Å². The zero-order chi connectivity index (χ0) is 26.6. The van der Waals surface area contributed by atoms with E-state index >= 15 is 0 Å². The maximum absolute atomic E-state index is 13.9. The van der Waals surface area contributed by atoms with Gasteiger partial charge in [-0.3, -0.25) is 19.5 Å². The van der Waals surface area contributed by atoms with Gasteiger partial charge in [-0.05, 0) is 98.5 Å². The molecule has 10 heteroatoms. The second-order valence-electron chi connectivity index (χ2n) is 8.98. The first-order valence-corrected chi connectivity index (χ1v) is 14.7. The van der Waals surface area contributed by atoms with E-state index in [0.717, 1.165) is 48.1 Å². The fourth-order valence-electron chi connectivity index (χ4n) is 5.14. The van der Waals surface area contributed by atoms with Crippen LogP contribution in [0.5, 0.6) is 5.75 Å². The second-order valence-corrected chi connectivity index (χ2v) is 12.3. The van der Waals surface area contributed by atoms with Gasteiger partial charge >= 0.3 is 0 Å². The van der Waals surface area contributed by atoms with Gasteiger partial charge in [0.1, 0.15) is 5.75 Å². The Bertz CT molecular complexity index is 1840. The van der Waals surface area contributed by atoms with Crippen LogP contribution in [0.4, 0.5) is 5.69 Å². The number of methoxy groups -OCH3 is 1. The molecule has 0 spiro atoms. The van der Waals surface area contributed by atoms with Crippen LogP contribution in [0, 0.1) is 17.3 Å². The molecule has 3 aromatic carbocycles. The minimum absolute atomic E-state index is 0.00219. The molecule has 1 aromatic heterocycles. The number of nitro benzene ring substituents is 1. The second kappa shape index (κ2) is 10.0. The van der Waals surface area contributed by atoms with Crippen molar-refractivity contribution in [2.24, 2.45) is 4.99 Å². The van der Waals surface area contributed by atoms with E-state index in [4.69, 9.17) is 9.73 Å². The zero-order valence-corrected chi connectivity index (χ0v) is 25.1. The summed E-state index contributed by atoms with van der Waals surface area (Å²) in [5.74, 6) is 0.807. The smallest absolute Gasteiger partial charge is 0.271 e.